The van der Waals surface area contributed by atoms with Crippen LogP contribution in [0.15, 0.2) is 48.6 Å². The van der Waals surface area contributed by atoms with Crippen molar-refractivity contribution in [2.45, 2.75) is 70.5 Å². The summed E-state index contributed by atoms with van der Waals surface area (Å²) < 4.78 is 4.52. The van der Waals surface area contributed by atoms with E-state index in [4.69, 9.17) is 0 Å². The van der Waals surface area contributed by atoms with Crippen LogP contribution in [-0.2, 0) is 9.53 Å². The van der Waals surface area contributed by atoms with Crippen molar-refractivity contribution >= 4 is 5.97 Å². The van der Waals surface area contributed by atoms with Crippen LogP contribution in [0.5, 0.6) is 0 Å². The highest BCUT2D eigenvalue weighted by Gasteiger charge is 2.13. The normalized spacial score (nSPS) is 14.9. The summed E-state index contributed by atoms with van der Waals surface area (Å²) in [7, 11) is 1.33. The minimum atomic E-state index is -0.936. The fourth-order valence-corrected chi connectivity index (χ4v) is 2.15. The van der Waals surface area contributed by atoms with Gasteiger partial charge in [0.15, 0.2) is 0 Å². The SMILES string of the molecule is CCCCCC/C=C/C=C/C=C\C=C\[C@@H](O)[C@@H](O)CCCC(=O)OC. The Morgan fingerprint density at radius 2 is 1.64 bits per heavy atom. The molecule has 0 aliphatic heterocycles. The summed E-state index contributed by atoms with van der Waals surface area (Å²) in [5.41, 5.74) is 0. The third-order valence-corrected chi connectivity index (χ3v) is 3.73. The summed E-state index contributed by atoms with van der Waals surface area (Å²) in [4.78, 5) is 11.0. The summed E-state index contributed by atoms with van der Waals surface area (Å²) in [6.07, 6.45) is 20.5. The molecule has 0 fully saturated rings. The molecule has 0 amide bonds. The van der Waals surface area contributed by atoms with Crippen molar-refractivity contribution < 1.29 is 19.7 Å². The second kappa shape index (κ2) is 17.2. The second-order valence-corrected chi connectivity index (χ2v) is 5.96. The van der Waals surface area contributed by atoms with Crippen molar-refractivity contribution in [1.29, 1.82) is 0 Å². The fourth-order valence-electron chi connectivity index (χ4n) is 2.15. The van der Waals surface area contributed by atoms with Crippen LogP contribution in [0.1, 0.15) is 58.3 Å². The lowest BCUT2D eigenvalue weighted by Gasteiger charge is -2.13. The average Bonchev–Trinajstić information content (AvgIpc) is 2.62. The molecule has 0 heterocycles. The molecule has 0 saturated heterocycles. The van der Waals surface area contributed by atoms with Gasteiger partial charge < -0.3 is 14.9 Å². The van der Waals surface area contributed by atoms with E-state index >= 15 is 0 Å². The van der Waals surface area contributed by atoms with Gasteiger partial charge in [-0.25, -0.2) is 0 Å². The van der Waals surface area contributed by atoms with Crippen molar-refractivity contribution in [3.05, 3.63) is 48.6 Å². The Bertz CT molecular complexity index is 435. The van der Waals surface area contributed by atoms with Crippen molar-refractivity contribution in [2.75, 3.05) is 7.11 Å². The molecule has 2 N–H and O–H groups in total. The zero-order valence-corrected chi connectivity index (χ0v) is 15.6. The van der Waals surface area contributed by atoms with Gasteiger partial charge in [0.05, 0.1) is 19.3 Å². The fraction of sp³-hybridized carbons (Fsp3) is 0.571. The molecule has 0 aromatic rings. The number of carbonyl (C=O) groups excluding carboxylic acids is 1. The van der Waals surface area contributed by atoms with Gasteiger partial charge in [0.25, 0.3) is 0 Å². The number of unbranched alkanes of at least 4 members (excludes halogenated alkanes) is 4. The lowest BCUT2D eigenvalue weighted by Crippen LogP contribution is -2.23. The maximum atomic E-state index is 11.0. The standard InChI is InChI=1S/C21H34O4/c1-3-4-5-6-7-8-9-10-11-12-13-14-16-19(22)20(23)17-15-18-21(24)25-2/h8-14,16,19-20,22-23H,3-7,15,17-18H2,1-2H3/b9-8+,11-10+,13-12-,16-14+/t19-,20+/m1/s1. The first-order chi connectivity index (χ1) is 12.1. The molecule has 4 nitrogen and oxygen atoms in total. The summed E-state index contributed by atoms with van der Waals surface area (Å²) in [6.45, 7) is 2.21. The minimum absolute atomic E-state index is 0.251. The van der Waals surface area contributed by atoms with Gasteiger partial charge in [-0.2, -0.15) is 0 Å². The molecule has 25 heavy (non-hydrogen) atoms. The van der Waals surface area contributed by atoms with E-state index in [0.29, 0.717) is 12.8 Å². The molecule has 0 aromatic carbocycles. The van der Waals surface area contributed by atoms with Crippen LogP contribution in [0.3, 0.4) is 0 Å². The molecule has 4 heteroatoms. The van der Waals surface area contributed by atoms with E-state index in [9.17, 15) is 15.0 Å². The zero-order valence-electron chi connectivity index (χ0n) is 15.6. The molecule has 142 valence electrons. The first-order valence-corrected chi connectivity index (χ1v) is 9.21. The van der Waals surface area contributed by atoms with E-state index in [1.165, 1.54) is 38.9 Å². The molecule has 0 aliphatic rings. The molecule has 0 aromatic heterocycles. The number of hydrogen-bond acceptors (Lipinski definition) is 4. The molecule has 0 unspecified atom stereocenters. The van der Waals surface area contributed by atoms with Gasteiger partial charge in [-0.05, 0) is 25.7 Å². The second-order valence-electron chi connectivity index (χ2n) is 5.96. The first-order valence-electron chi connectivity index (χ1n) is 9.21. The summed E-state index contributed by atoms with van der Waals surface area (Å²) >= 11 is 0. The summed E-state index contributed by atoms with van der Waals surface area (Å²) in [5, 5.41) is 19.6. The molecule has 0 bridgehead atoms. The van der Waals surface area contributed by atoms with Gasteiger partial charge in [-0.3, -0.25) is 4.79 Å². The van der Waals surface area contributed by atoms with Crippen LogP contribution in [0.4, 0.5) is 0 Å². The Morgan fingerprint density at radius 3 is 2.32 bits per heavy atom. The molecule has 0 aliphatic carbocycles. The number of ether oxygens (including phenoxy) is 1. The highest BCUT2D eigenvalue weighted by molar-refractivity contribution is 5.68. The van der Waals surface area contributed by atoms with E-state index in [0.717, 1.165) is 6.42 Å². The Kier molecular flexibility index (Phi) is 16.0. The van der Waals surface area contributed by atoms with E-state index in [2.05, 4.69) is 17.7 Å². The number of rotatable bonds is 14. The van der Waals surface area contributed by atoms with Gasteiger partial charge in [-0.15, -0.1) is 0 Å². The van der Waals surface area contributed by atoms with Crippen molar-refractivity contribution in [3.63, 3.8) is 0 Å². The van der Waals surface area contributed by atoms with Crippen LogP contribution < -0.4 is 0 Å². The molecular weight excluding hydrogens is 316 g/mol. The molecule has 0 rings (SSSR count). The predicted octanol–water partition coefficient (Wildman–Crippen LogP) is 4.25. The van der Waals surface area contributed by atoms with Gasteiger partial charge >= 0.3 is 5.97 Å². The molecule has 2 atom stereocenters. The monoisotopic (exact) mass is 350 g/mol. The number of methoxy groups -OCH3 is 1. The third kappa shape index (κ3) is 15.6. The van der Waals surface area contributed by atoms with E-state index in [1.807, 2.05) is 24.3 Å². The largest absolute Gasteiger partial charge is 0.469 e. The lowest BCUT2D eigenvalue weighted by atomic mass is 10.1. The number of carbonyl (C=O) groups is 1. The molecule has 0 saturated carbocycles. The van der Waals surface area contributed by atoms with Gasteiger partial charge in [0, 0.05) is 6.42 Å². The Morgan fingerprint density at radius 1 is 0.960 bits per heavy atom. The number of esters is 1. The zero-order chi connectivity index (χ0) is 18.8. The number of aliphatic hydroxyl groups is 2. The van der Waals surface area contributed by atoms with Gasteiger partial charge in [0.2, 0.25) is 0 Å². The van der Waals surface area contributed by atoms with Gasteiger partial charge in [0.1, 0.15) is 0 Å². The summed E-state index contributed by atoms with van der Waals surface area (Å²) in [6, 6.07) is 0. The minimum Gasteiger partial charge on any atom is -0.469 e. The maximum Gasteiger partial charge on any atom is 0.305 e. The Balaban J connectivity index is 3.85. The van der Waals surface area contributed by atoms with Crippen molar-refractivity contribution in [2.24, 2.45) is 0 Å². The van der Waals surface area contributed by atoms with Crippen molar-refractivity contribution in [1.82, 2.24) is 0 Å². The van der Waals surface area contributed by atoms with Crippen LogP contribution in [0.25, 0.3) is 0 Å². The van der Waals surface area contributed by atoms with Crippen LogP contribution >= 0.6 is 0 Å². The predicted molar refractivity (Wildman–Crippen MR) is 103 cm³/mol. The smallest absolute Gasteiger partial charge is 0.305 e. The Hall–Kier alpha value is -1.65. The van der Waals surface area contributed by atoms with E-state index < -0.39 is 12.2 Å². The van der Waals surface area contributed by atoms with Crippen molar-refractivity contribution in [3.8, 4) is 0 Å². The molecular formula is C21H34O4. The third-order valence-electron chi connectivity index (χ3n) is 3.73. The topological polar surface area (TPSA) is 66.8 Å². The average molecular weight is 350 g/mol. The molecule has 0 spiro atoms. The first kappa shape index (κ1) is 23.4. The highest BCUT2D eigenvalue weighted by Crippen LogP contribution is 2.07. The molecule has 0 radical (unpaired) electrons. The maximum absolute atomic E-state index is 11.0. The van der Waals surface area contributed by atoms with Crippen LogP contribution in [-0.4, -0.2) is 35.5 Å². The number of aliphatic hydroxyl groups excluding tert-OH is 2. The highest BCUT2D eigenvalue weighted by atomic mass is 16.5. The van der Waals surface area contributed by atoms with E-state index in [-0.39, 0.29) is 12.4 Å². The van der Waals surface area contributed by atoms with Gasteiger partial charge in [-0.1, -0.05) is 74.8 Å². The Labute approximate surface area is 152 Å². The van der Waals surface area contributed by atoms with Crippen LogP contribution in [0.2, 0.25) is 0 Å². The van der Waals surface area contributed by atoms with E-state index in [1.54, 1.807) is 12.2 Å². The summed E-state index contributed by atoms with van der Waals surface area (Å²) in [5.74, 6) is -0.304. The van der Waals surface area contributed by atoms with Crippen LogP contribution in [0, 0.1) is 0 Å². The lowest BCUT2D eigenvalue weighted by molar-refractivity contribution is -0.140. The number of hydrogen-bond donors (Lipinski definition) is 2. The number of allylic oxidation sites excluding steroid dienone is 7. The quantitative estimate of drug-likeness (QED) is 0.279.